The monoisotopic (exact) mass is 586 g/mol. The minimum atomic E-state index is -2.81. The number of fused-ring (bicyclic) bond motifs is 2. The summed E-state index contributed by atoms with van der Waals surface area (Å²) in [6.45, 7) is 2.37. The Hall–Kier alpha value is -3.67. The minimum Gasteiger partial charge on any atom is -0.478 e. The van der Waals surface area contributed by atoms with E-state index in [0.29, 0.717) is 56.0 Å². The Labute approximate surface area is 238 Å². The van der Waals surface area contributed by atoms with Crippen molar-refractivity contribution in [2.45, 2.75) is 51.6 Å². The van der Waals surface area contributed by atoms with Crippen LogP contribution in [0.3, 0.4) is 0 Å². The molecule has 0 aliphatic carbocycles. The molecule has 4 aromatic rings. The van der Waals surface area contributed by atoms with E-state index in [2.05, 4.69) is 9.88 Å². The maximum Gasteiger partial charge on any atom is 0.335 e. The first kappa shape index (κ1) is 27.5. The third-order valence-electron chi connectivity index (χ3n) is 7.49. The zero-order valence-electron chi connectivity index (χ0n) is 21.8. The molecule has 1 fully saturated rings. The van der Waals surface area contributed by atoms with Gasteiger partial charge in [-0.05, 0) is 54.8 Å². The fourth-order valence-corrected chi connectivity index (χ4v) is 5.33. The molecule has 214 valence electrons. The number of benzene rings is 2. The van der Waals surface area contributed by atoms with Crippen molar-refractivity contribution in [3.05, 3.63) is 87.1 Å². The number of ether oxygens (including phenoxy) is 2. The quantitative estimate of drug-likeness (QED) is 0.266. The van der Waals surface area contributed by atoms with Crippen molar-refractivity contribution in [2.24, 2.45) is 0 Å². The fraction of sp³-hybridized carbons (Fsp3) is 0.345. The number of imidazole rings is 1. The van der Waals surface area contributed by atoms with E-state index in [-0.39, 0.29) is 40.3 Å². The third-order valence-corrected chi connectivity index (χ3v) is 7.72. The molecule has 41 heavy (non-hydrogen) atoms. The van der Waals surface area contributed by atoms with Crippen LogP contribution in [-0.4, -0.2) is 49.8 Å². The normalized spacial score (nSPS) is 17.0. The molecule has 8 nitrogen and oxygen atoms in total. The Morgan fingerprint density at radius 2 is 2.02 bits per heavy atom. The van der Waals surface area contributed by atoms with Gasteiger partial charge in [-0.3, -0.25) is 4.90 Å². The van der Waals surface area contributed by atoms with Crippen LogP contribution in [0.5, 0.6) is 5.88 Å². The Kier molecular flexibility index (Phi) is 7.58. The lowest BCUT2D eigenvalue weighted by Gasteiger charge is -2.30. The standard InChI is InChI=1S/C29H26ClF3N4O4/c30-19-3-1-18(22(31)11-19)15-41-28-21(27(32)33)9-16-5-7-36(13-24(16)35-28)14-26-34-23-4-2-17(29(38)39)10-25(23)37(26)12-20-6-8-40-20/h1-4,9-11,20,27H,5-8,12-15H2,(H,38,39)/t20-/m0/s1. The molecule has 2 aromatic heterocycles. The summed E-state index contributed by atoms with van der Waals surface area (Å²) in [4.78, 5) is 22.9. The second-order valence-electron chi connectivity index (χ2n) is 10.2. The maximum absolute atomic E-state index is 14.2. The first-order chi connectivity index (χ1) is 19.7. The Balaban J connectivity index is 1.25. The first-order valence-electron chi connectivity index (χ1n) is 13.2. The molecule has 6 rings (SSSR count). The van der Waals surface area contributed by atoms with Gasteiger partial charge in [0.2, 0.25) is 5.88 Å². The fourth-order valence-electron chi connectivity index (χ4n) is 5.17. The van der Waals surface area contributed by atoms with Gasteiger partial charge >= 0.3 is 5.97 Å². The molecule has 1 N–H and O–H groups in total. The van der Waals surface area contributed by atoms with Gasteiger partial charge in [-0.25, -0.2) is 27.9 Å². The van der Waals surface area contributed by atoms with Crippen molar-refractivity contribution < 1.29 is 32.5 Å². The number of carboxylic acids is 1. The number of aromatic nitrogens is 3. The lowest BCUT2D eigenvalue weighted by molar-refractivity contribution is -0.0592. The second-order valence-corrected chi connectivity index (χ2v) is 10.6. The summed E-state index contributed by atoms with van der Waals surface area (Å²) in [5, 5.41) is 9.71. The number of carbonyl (C=O) groups is 1. The van der Waals surface area contributed by atoms with Gasteiger partial charge in [-0.1, -0.05) is 17.7 Å². The molecule has 0 bridgehead atoms. The number of hydrogen-bond acceptors (Lipinski definition) is 6. The number of pyridine rings is 1. The van der Waals surface area contributed by atoms with Crippen LogP contribution in [0.15, 0.2) is 42.5 Å². The van der Waals surface area contributed by atoms with Crippen molar-refractivity contribution in [3.63, 3.8) is 0 Å². The van der Waals surface area contributed by atoms with Crippen LogP contribution in [0.4, 0.5) is 13.2 Å². The van der Waals surface area contributed by atoms with Gasteiger partial charge in [0.25, 0.3) is 6.43 Å². The van der Waals surface area contributed by atoms with E-state index in [1.54, 1.807) is 12.1 Å². The van der Waals surface area contributed by atoms with Gasteiger partial charge in [0, 0.05) is 30.3 Å². The highest BCUT2D eigenvalue weighted by Gasteiger charge is 2.27. The largest absolute Gasteiger partial charge is 0.478 e. The van der Waals surface area contributed by atoms with E-state index < -0.39 is 18.2 Å². The van der Waals surface area contributed by atoms with E-state index in [4.69, 9.17) is 26.1 Å². The zero-order valence-corrected chi connectivity index (χ0v) is 22.6. The topological polar surface area (TPSA) is 89.7 Å². The van der Waals surface area contributed by atoms with Crippen molar-refractivity contribution in [1.29, 1.82) is 0 Å². The molecule has 12 heteroatoms. The molecule has 1 atom stereocenters. The van der Waals surface area contributed by atoms with Gasteiger partial charge in [-0.15, -0.1) is 0 Å². The lowest BCUT2D eigenvalue weighted by Crippen LogP contribution is -2.34. The minimum absolute atomic E-state index is 0.0290. The number of aromatic carboxylic acids is 1. The Morgan fingerprint density at radius 1 is 1.20 bits per heavy atom. The van der Waals surface area contributed by atoms with Gasteiger partial charge in [0.1, 0.15) is 18.2 Å². The number of nitrogens with zero attached hydrogens (tertiary/aromatic N) is 4. The van der Waals surface area contributed by atoms with Crippen LogP contribution in [-0.2, 0) is 37.4 Å². The van der Waals surface area contributed by atoms with Crippen LogP contribution in [0, 0.1) is 5.82 Å². The molecule has 0 unspecified atom stereocenters. The highest BCUT2D eigenvalue weighted by atomic mass is 35.5. The average Bonchev–Trinajstić information content (AvgIpc) is 3.25. The molecule has 4 heterocycles. The van der Waals surface area contributed by atoms with Crippen molar-refractivity contribution in [1.82, 2.24) is 19.4 Å². The van der Waals surface area contributed by atoms with Gasteiger partial charge in [-0.2, -0.15) is 0 Å². The third kappa shape index (κ3) is 5.74. The van der Waals surface area contributed by atoms with Crippen LogP contribution in [0.25, 0.3) is 11.0 Å². The van der Waals surface area contributed by atoms with E-state index in [1.807, 2.05) is 4.57 Å². The number of hydrogen-bond donors (Lipinski definition) is 1. The predicted octanol–water partition coefficient (Wildman–Crippen LogP) is 5.79. The van der Waals surface area contributed by atoms with Crippen molar-refractivity contribution in [3.8, 4) is 5.88 Å². The molecule has 2 aliphatic rings. The molecule has 2 aliphatic heterocycles. The highest BCUT2D eigenvalue weighted by Crippen LogP contribution is 2.33. The van der Waals surface area contributed by atoms with Crippen LogP contribution in [0.1, 0.15) is 51.4 Å². The smallest absolute Gasteiger partial charge is 0.335 e. The summed E-state index contributed by atoms with van der Waals surface area (Å²) in [6.07, 6.45) is -1.36. The molecular weight excluding hydrogens is 561 g/mol. The van der Waals surface area contributed by atoms with E-state index in [9.17, 15) is 23.1 Å². The number of carboxylic acid groups (broad SMARTS) is 1. The zero-order chi connectivity index (χ0) is 28.7. The number of halogens is 4. The summed E-state index contributed by atoms with van der Waals surface area (Å²) in [5.41, 5.74) is 2.74. The van der Waals surface area contributed by atoms with Crippen LogP contribution < -0.4 is 4.74 Å². The van der Waals surface area contributed by atoms with Gasteiger partial charge in [0.05, 0.1) is 47.0 Å². The summed E-state index contributed by atoms with van der Waals surface area (Å²) in [5.74, 6) is -1.09. The molecule has 0 amide bonds. The summed E-state index contributed by atoms with van der Waals surface area (Å²) < 4.78 is 55.3. The number of alkyl halides is 2. The van der Waals surface area contributed by atoms with Crippen LogP contribution >= 0.6 is 11.6 Å². The predicted molar refractivity (Wildman–Crippen MR) is 144 cm³/mol. The van der Waals surface area contributed by atoms with Crippen molar-refractivity contribution in [2.75, 3.05) is 13.2 Å². The summed E-state index contributed by atoms with van der Waals surface area (Å²) in [6, 6.07) is 10.4. The molecular formula is C29H26ClF3N4O4. The van der Waals surface area contributed by atoms with Crippen LogP contribution in [0.2, 0.25) is 5.02 Å². The molecule has 0 radical (unpaired) electrons. The van der Waals surface area contributed by atoms with Gasteiger partial charge < -0.3 is 19.1 Å². The Bertz CT molecular complexity index is 1630. The molecule has 0 saturated carbocycles. The lowest BCUT2D eigenvalue weighted by atomic mass is 10.0. The highest BCUT2D eigenvalue weighted by molar-refractivity contribution is 6.30. The summed E-state index contributed by atoms with van der Waals surface area (Å²) in [7, 11) is 0. The Morgan fingerprint density at radius 3 is 2.73 bits per heavy atom. The molecule has 0 spiro atoms. The van der Waals surface area contributed by atoms with Gasteiger partial charge in [0.15, 0.2) is 0 Å². The molecule has 1 saturated heterocycles. The number of rotatable bonds is 9. The maximum atomic E-state index is 14.2. The molecule has 2 aromatic carbocycles. The summed E-state index contributed by atoms with van der Waals surface area (Å²) >= 11 is 5.81. The van der Waals surface area contributed by atoms with E-state index >= 15 is 0 Å². The average molecular weight is 587 g/mol. The van der Waals surface area contributed by atoms with E-state index in [0.717, 1.165) is 23.8 Å². The second kappa shape index (κ2) is 11.3. The SMILES string of the molecule is O=C(O)c1ccc2nc(CN3CCc4cc(C(F)F)c(OCc5ccc(Cl)cc5F)nc4C3)n(C[C@@H]3CCO3)c2c1. The van der Waals surface area contributed by atoms with E-state index in [1.165, 1.54) is 24.3 Å². The first-order valence-corrected chi connectivity index (χ1v) is 13.6. The van der Waals surface area contributed by atoms with Crippen molar-refractivity contribution >= 4 is 28.6 Å².